The van der Waals surface area contributed by atoms with Crippen molar-refractivity contribution < 1.29 is 4.74 Å². The third kappa shape index (κ3) is 4.66. The maximum absolute atomic E-state index is 5.08. The van der Waals surface area contributed by atoms with Gasteiger partial charge in [-0.3, -0.25) is 0 Å². The second kappa shape index (κ2) is 7.69. The quantitative estimate of drug-likeness (QED) is 0.784. The first-order valence-corrected chi connectivity index (χ1v) is 6.61. The molecule has 1 N–H and O–H groups in total. The molecule has 0 heterocycles. The lowest BCUT2D eigenvalue weighted by Gasteiger charge is -2.22. The molecule has 0 unspecified atom stereocenters. The number of anilines is 1. The van der Waals surface area contributed by atoms with Crippen LogP contribution in [-0.2, 0) is 11.3 Å². The highest BCUT2D eigenvalue weighted by Gasteiger charge is 2.07. The van der Waals surface area contributed by atoms with E-state index in [1.807, 2.05) is 7.05 Å². The van der Waals surface area contributed by atoms with Gasteiger partial charge in [-0.05, 0) is 31.2 Å². The minimum absolute atomic E-state index is 0.805. The SMILES string of the molecule is CNCc1ccc(Br)cc1N(C)CCCOC. The average Bonchev–Trinajstić information content (AvgIpc) is 2.32. The van der Waals surface area contributed by atoms with Crippen molar-refractivity contribution in [1.29, 1.82) is 0 Å². The van der Waals surface area contributed by atoms with E-state index in [2.05, 4.69) is 51.4 Å². The van der Waals surface area contributed by atoms with Crippen LogP contribution in [0.25, 0.3) is 0 Å². The summed E-state index contributed by atoms with van der Waals surface area (Å²) in [6.07, 6.45) is 1.04. The summed E-state index contributed by atoms with van der Waals surface area (Å²) in [4.78, 5) is 2.27. The highest BCUT2D eigenvalue weighted by atomic mass is 79.9. The molecule has 0 saturated carbocycles. The van der Waals surface area contributed by atoms with Crippen molar-refractivity contribution in [1.82, 2.24) is 5.32 Å². The van der Waals surface area contributed by atoms with Gasteiger partial charge in [0.15, 0.2) is 0 Å². The molecule has 3 nitrogen and oxygen atoms in total. The molecule has 0 saturated heterocycles. The van der Waals surface area contributed by atoms with Gasteiger partial charge < -0.3 is 15.0 Å². The van der Waals surface area contributed by atoms with Gasteiger partial charge >= 0.3 is 0 Å². The van der Waals surface area contributed by atoms with Crippen molar-refractivity contribution in [2.24, 2.45) is 0 Å². The number of methoxy groups -OCH3 is 1. The molecular weight excluding hydrogens is 280 g/mol. The van der Waals surface area contributed by atoms with Gasteiger partial charge in [-0.25, -0.2) is 0 Å². The normalized spacial score (nSPS) is 10.6. The average molecular weight is 301 g/mol. The Morgan fingerprint density at radius 2 is 2.18 bits per heavy atom. The van der Waals surface area contributed by atoms with E-state index in [0.717, 1.165) is 30.6 Å². The van der Waals surface area contributed by atoms with Crippen LogP contribution in [0, 0.1) is 0 Å². The number of hydrogen-bond donors (Lipinski definition) is 1. The monoisotopic (exact) mass is 300 g/mol. The van der Waals surface area contributed by atoms with Gasteiger partial charge in [-0.1, -0.05) is 22.0 Å². The minimum Gasteiger partial charge on any atom is -0.385 e. The summed E-state index contributed by atoms with van der Waals surface area (Å²) in [6.45, 7) is 2.69. The van der Waals surface area contributed by atoms with E-state index in [1.165, 1.54) is 11.3 Å². The minimum atomic E-state index is 0.805. The Morgan fingerprint density at radius 1 is 1.41 bits per heavy atom. The zero-order valence-corrected chi connectivity index (χ0v) is 12.4. The standard InChI is InChI=1S/C13H21BrN2O/c1-15-10-11-5-6-12(14)9-13(11)16(2)7-4-8-17-3/h5-6,9,15H,4,7-8,10H2,1-3H3. The van der Waals surface area contributed by atoms with E-state index in [0.29, 0.717) is 0 Å². The summed E-state index contributed by atoms with van der Waals surface area (Å²) in [6, 6.07) is 6.40. The zero-order valence-electron chi connectivity index (χ0n) is 10.8. The molecule has 17 heavy (non-hydrogen) atoms. The van der Waals surface area contributed by atoms with Crippen LogP contribution in [0.15, 0.2) is 22.7 Å². The molecule has 1 rings (SSSR count). The molecule has 0 fully saturated rings. The van der Waals surface area contributed by atoms with Gasteiger partial charge in [0.1, 0.15) is 0 Å². The predicted molar refractivity (Wildman–Crippen MR) is 76.7 cm³/mol. The number of nitrogens with zero attached hydrogens (tertiary/aromatic N) is 1. The highest BCUT2D eigenvalue weighted by Crippen LogP contribution is 2.24. The Labute approximate surface area is 112 Å². The van der Waals surface area contributed by atoms with Crippen LogP contribution in [-0.4, -0.2) is 34.4 Å². The molecule has 0 aliphatic heterocycles. The third-order valence-corrected chi connectivity index (χ3v) is 3.16. The highest BCUT2D eigenvalue weighted by molar-refractivity contribution is 9.10. The van der Waals surface area contributed by atoms with Crippen molar-refractivity contribution in [3.8, 4) is 0 Å². The molecule has 4 heteroatoms. The van der Waals surface area contributed by atoms with E-state index in [9.17, 15) is 0 Å². The molecular formula is C13H21BrN2O. The lowest BCUT2D eigenvalue weighted by molar-refractivity contribution is 0.196. The molecule has 0 aromatic heterocycles. The zero-order chi connectivity index (χ0) is 12.7. The fraction of sp³-hybridized carbons (Fsp3) is 0.538. The van der Waals surface area contributed by atoms with Crippen molar-refractivity contribution in [3.63, 3.8) is 0 Å². The molecule has 0 radical (unpaired) electrons. The van der Waals surface area contributed by atoms with Crippen molar-refractivity contribution in [2.45, 2.75) is 13.0 Å². The molecule has 0 aliphatic carbocycles. The second-order valence-electron chi connectivity index (χ2n) is 4.07. The molecule has 0 aliphatic rings. The summed E-state index contributed by atoms with van der Waals surface area (Å²) in [5.41, 5.74) is 2.58. The van der Waals surface area contributed by atoms with Gasteiger partial charge in [-0.15, -0.1) is 0 Å². The Kier molecular flexibility index (Phi) is 6.55. The molecule has 0 bridgehead atoms. The maximum atomic E-state index is 5.08. The van der Waals surface area contributed by atoms with Crippen LogP contribution in [0.5, 0.6) is 0 Å². The molecule has 1 aromatic carbocycles. The first-order valence-electron chi connectivity index (χ1n) is 5.82. The fourth-order valence-electron chi connectivity index (χ4n) is 1.80. The number of rotatable bonds is 7. The molecule has 0 atom stereocenters. The van der Waals surface area contributed by atoms with Crippen LogP contribution in [0.1, 0.15) is 12.0 Å². The number of ether oxygens (including phenoxy) is 1. The van der Waals surface area contributed by atoms with Crippen LogP contribution < -0.4 is 10.2 Å². The molecule has 0 amide bonds. The Morgan fingerprint density at radius 3 is 2.82 bits per heavy atom. The summed E-state index contributed by atoms with van der Waals surface area (Å²) < 4.78 is 6.20. The predicted octanol–water partition coefficient (Wildman–Crippen LogP) is 2.64. The van der Waals surface area contributed by atoms with Crippen LogP contribution in [0.2, 0.25) is 0 Å². The van der Waals surface area contributed by atoms with Crippen LogP contribution >= 0.6 is 15.9 Å². The first kappa shape index (κ1) is 14.5. The van der Waals surface area contributed by atoms with E-state index < -0.39 is 0 Å². The lowest BCUT2D eigenvalue weighted by atomic mass is 10.1. The molecule has 1 aromatic rings. The summed E-state index contributed by atoms with van der Waals surface area (Å²) in [5, 5.41) is 3.20. The largest absolute Gasteiger partial charge is 0.385 e. The Bertz CT molecular complexity index is 344. The van der Waals surface area contributed by atoms with E-state index in [4.69, 9.17) is 4.74 Å². The number of nitrogens with one attached hydrogen (secondary N) is 1. The Balaban J connectivity index is 2.74. The summed E-state index contributed by atoms with van der Waals surface area (Å²) >= 11 is 3.53. The van der Waals surface area contributed by atoms with Crippen molar-refractivity contribution in [3.05, 3.63) is 28.2 Å². The van der Waals surface area contributed by atoms with Crippen LogP contribution in [0.3, 0.4) is 0 Å². The summed E-state index contributed by atoms with van der Waals surface area (Å²) in [7, 11) is 5.83. The lowest BCUT2D eigenvalue weighted by Crippen LogP contribution is -2.22. The Hall–Kier alpha value is -0.580. The van der Waals surface area contributed by atoms with Crippen molar-refractivity contribution in [2.75, 3.05) is 39.3 Å². The molecule has 0 spiro atoms. The number of hydrogen-bond acceptors (Lipinski definition) is 3. The van der Waals surface area contributed by atoms with Gasteiger partial charge in [0.2, 0.25) is 0 Å². The maximum Gasteiger partial charge on any atom is 0.0479 e. The van der Waals surface area contributed by atoms with Crippen molar-refractivity contribution >= 4 is 21.6 Å². The number of benzene rings is 1. The summed E-state index contributed by atoms with van der Waals surface area (Å²) in [5.74, 6) is 0. The van der Waals surface area contributed by atoms with E-state index >= 15 is 0 Å². The topological polar surface area (TPSA) is 24.5 Å². The van der Waals surface area contributed by atoms with Gasteiger partial charge in [0.05, 0.1) is 0 Å². The van der Waals surface area contributed by atoms with Crippen LogP contribution in [0.4, 0.5) is 5.69 Å². The van der Waals surface area contributed by atoms with Gasteiger partial charge in [0, 0.05) is 44.0 Å². The van der Waals surface area contributed by atoms with E-state index in [1.54, 1.807) is 7.11 Å². The molecule has 96 valence electrons. The number of halogens is 1. The smallest absolute Gasteiger partial charge is 0.0479 e. The van der Waals surface area contributed by atoms with Gasteiger partial charge in [-0.2, -0.15) is 0 Å². The second-order valence-corrected chi connectivity index (χ2v) is 4.99. The fourth-order valence-corrected chi connectivity index (χ4v) is 2.15. The first-order chi connectivity index (χ1) is 8.19. The third-order valence-electron chi connectivity index (χ3n) is 2.67. The van der Waals surface area contributed by atoms with Gasteiger partial charge in [0.25, 0.3) is 0 Å². The van der Waals surface area contributed by atoms with E-state index in [-0.39, 0.29) is 0 Å².